The van der Waals surface area contributed by atoms with E-state index in [-0.39, 0.29) is 0 Å². The molecule has 272 valence electrons. The Balaban J connectivity index is 1.03. The van der Waals surface area contributed by atoms with E-state index < -0.39 is 0 Å². The predicted molar refractivity (Wildman–Crippen MR) is 250 cm³/mol. The average molecular weight is 767 g/mol. The molecule has 0 amide bonds. The summed E-state index contributed by atoms with van der Waals surface area (Å²) in [6.07, 6.45) is 0. The van der Waals surface area contributed by atoms with Crippen LogP contribution < -0.4 is 0 Å². The van der Waals surface area contributed by atoms with Gasteiger partial charge in [-0.25, -0.2) is 9.97 Å². The highest BCUT2D eigenvalue weighted by Gasteiger charge is 2.25. The number of para-hydroxylation sites is 2. The molecule has 9 aromatic carbocycles. The average Bonchev–Trinajstić information content (AvgIpc) is 4.04. The van der Waals surface area contributed by atoms with Crippen LogP contribution in [0.3, 0.4) is 0 Å². The second-order valence-electron chi connectivity index (χ2n) is 15.7. The topological polar surface area (TPSA) is 35.1 Å². The molecule has 4 nitrogen and oxygen atoms in total. The molecule has 0 saturated heterocycles. The van der Waals surface area contributed by atoms with Crippen molar-refractivity contribution < 1.29 is 0 Å². The van der Waals surface area contributed by atoms with Gasteiger partial charge < -0.3 is 8.97 Å². The van der Waals surface area contributed by atoms with Crippen molar-refractivity contribution in [1.29, 1.82) is 0 Å². The Bertz CT molecular complexity index is 4070. The fourth-order valence-corrected chi connectivity index (χ4v) is 11.2. The first kappa shape index (κ1) is 31.5. The molecule has 0 bridgehead atoms. The van der Waals surface area contributed by atoms with Crippen LogP contribution in [0.5, 0.6) is 0 Å². The first-order valence-electron chi connectivity index (χ1n) is 20.1. The Labute approximate surface area is 340 Å². The quantitative estimate of drug-likeness (QED) is 0.179. The number of nitrogens with zero attached hydrogens (tertiary/aromatic N) is 4. The Morgan fingerprint density at radius 2 is 1.07 bits per heavy atom. The predicted octanol–water partition coefficient (Wildman–Crippen LogP) is 14.7. The van der Waals surface area contributed by atoms with Crippen molar-refractivity contribution in [3.8, 4) is 28.3 Å². The molecule has 5 heteroatoms. The Hall–Kier alpha value is -7.60. The Kier molecular flexibility index (Phi) is 6.14. The molecule has 5 aromatic heterocycles. The van der Waals surface area contributed by atoms with E-state index in [9.17, 15) is 0 Å². The molecule has 0 spiro atoms. The summed E-state index contributed by atoms with van der Waals surface area (Å²) in [5, 5.41) is 13.8. The normalized spacial score (nSPS) is 12.4. The highest BCUT2D eigenvalue weighted by molar-refractivity contribution is 7.26. The van der Waals surface area contributed by atoms with E-state index in [0.717, 1.165) is 43.9 Å². The number of benzene rings is 9. The second kappa shape index (κ2) is 11.5. The highest BCUT2D eigenvalue weighted by Crippen LogP contribution is 2.48. The van der Waals surface area contributed by atoms with Crippen molar-refractivity contribution in [3.05, 3.63) is 182 Å². The van der Waals surface area contributed by atoms with Crippen molar-refractivity contribution in [2.45, 2.75) is 0 Å². The maximum atomic E-state index is 5.36. The van der Waals surface area contributed by atoms with Gasteiger partial charge >= 0.3 is 0 Å². The van der Waals surface area contributed by atoms with E-state index in [1.807, 2.05) is 0 Å². The SMILES string of the molecule is c1ccc2cc(-c3nc(-c4ccc(-n5c6ccccc6c6c7c8ccccc8n8c9ccc%10ccccc%10c9c(cc65)c78)cc4)c4sc5ccccc5c4n3)ccc2c1. The van der Waals surface area contributed by atoms with Crippen molar-refractivity contribution in [2.75, 3.05) is 0 Å². The first-order chi connectivity index (χ1) is 29.3. The molecule has 0 fully saturated rings. The molecule has 0 aliphatic rings. The van der Waals surface area contributed by atoms with Crippen LogP contribution in [0.4, 0.5) is 0 Å². The van der Waals surface area contributed by atoms with Crippen LogP contribution in [-0.4, -0.2) is 18.9 Å². The smallest absolute Gasteiger partial charge is 0.160 e. The molecule has 0 aliphatic carbocycles. The van der Waals surface area contributed by atoms with Crippen molar-refractivity contribution in [1.82, 2.24) is 18.9 Å². The monoisotopic (exact) mass is 766 g/mol. The first-order valence-corrected chi connectivity index (χ1v) is 20.9. The molecule has 0 N–H and O–H groups in total. The number of fused-ring (bicyclic) bond motifs is 16. The van der Waals surface area contributed by atoms with Crippen LogP contribution in [0, 0.1) is 0 Å². The number of hydrogen-bond acceptors (Lipinski definition) is 3. The molecular weight excluding hydrogens is 737 g/mol. The van der Waals surface area contributed by atoms with E-state index in [1.54, 1.807) is 11.3 Å². The summed E-state index contributed by atoms with van der Waals surface area (Å²) in [5.74, 6) is 0.738. The van der Waals surface area contributed by atoms with E-state index in [1.165, 1.54) is 86.1 Å². The minimum Gasteiger partial charge on any atom is -0.309 e. The minimum atomic E-state index is 0.738. The molecule has 0 atom stereocenters. The third-order valence-corrected chi connectivity index (χ3v) is 13.8. The van der Waals surface area contributed by atoms with E-state index in [4.69, 9.17) is 9.97 Å². The van der Waals surface area contributed by atoms with Gasteiger partial charge in [0.2, 0.25) is 0 Å². The van der Waals surface area contributed by atoms with Gasteiger partial charge in [-0.1, -0.05) is 133 Å². The number of thiophene rings is 1. The molecule has 0 radical (unpaired) electrons. The number of aromatic nitrogens is 4. The largest absolute Gasteiger partial charge is 0.309 e. The highest BCUT2D eigenvalue weighted by atomic mass is 32.1. The second-order valence-corrected chi connectivity index (χ2v) is 16.8. The van der Waals surface area contributed by atoms with Gasteiger partial charge in [-0.2, -0.15) is 0 Å². The van der Waals surface area contributed by atoms with Crippen LogP contribution in [0.1, 0.15) is 0 Å². The lowest BCUT2D eigenvalue weighted by molar-refractivity contribution is 1.18. The summed E-state index contributed by atoms with van der Waals surface area (Å²) in [7, 11) is 0. The fourth-order valence-electron chi connectivity index (χ4n) is 10.1. The molecule has 59 heavy (non-hydrogen) atoms. The van der Waals surface area contributed by atoms with Gasteiger partial charge in [0.25, 0.3) is 0 Å². The van der Waals surface area contributed by atoms with Crippen molar-refractivity contribution in [2.24, 2.45) is 0 Å². The lowest BCUT2D eigenvalue weighted by Crippen LogP contribution is -1.96. The summed E-state index contributed by atoms with van der Waals surface area (Å²) in [5.41, 5.74) is 11.3. The van der Waals surface area contributed by atoms with Gasteiger partial charge in [0.1, 0.15) is 0 Å². The zero-order valence-corrected chi connectivity index (χ0v) is 32.3. The zero-order chi connectivity index (χ0) is 38.3. The zero-order valence-electron chi connectivity index (χ0n) is 31.5. The maximum absolute atomic E-state index is 5.36. The summed E-state index contributed by atoms with van der Waals surface area (Å²) < 4.78 is 7.29. The van der Waals surface area contributed by atoms with Gasteiger partial charge in [0.15, 0.2) is 5.82 Å². The molecule has 14 aromatic rings. The molecule has 14 rings (SSSR count). The lowest BCUT2D eigenvalue weighted by Gasteiger charge is -2.11. The maximum Gasteiger partial charge on any atom is 0.160 e. The minimum absolute atomic E-state index is 0.738. The molecule has 0 unspecified atom stereocenters. The summed E-state index contributed by atoms with van der Waals surface area (Å²) >= 11 is 1.77. The number of hydrogen-bond donors (Lipinski definition) is 0. The van der Waals surface area contributed by atoms with Crippen LogP contribution in [-0.2, 0) is 0 Å². The summed E-state index contributed by atoms with van der Waals surface area (Å²) in [4.78, 5) is 10.6. The Morgan fingerprint density at radius 1 is 0.407 bits per heavy atom. The third kappa shape index (κ3) is 4.21. The van der Waals surface area contributed by atoms with Crippen LogP contribution in [0.15, 0.2) is 182 Å². The molecule has 0 saturated carbocycles. The van der Waals surface area contributed by atoms with Gasteiger partial charge in [0, 0.05) is 59.2 Å². The summed E-state index contributed by atoms with van der Waals surface area (Å²) in [6, 6.07) is 66.3. The molecule has 0 aliphatic heterocycles. The number of rotatable bonds is 3. The van der Waals surface area contributed by atoms with Crippen molar-refractivity contribution in [3.63, 3.8) is 0 Å². The molecular formula is C54H30N4S. The van der Waals surface area contributed by atoms with Gasteiger partial charge in [-0.15, -0.1) is 11.3 Å². The van der Waals surface area contributed by atoms with Crippen LogP contribution in [0.25, 0.3) is 130 Å². The lowest BCUT2D eigenvalue weighted by atomic mass is 9.99. The Morgan fingerprint density at radius 3 is 1.92 bits per heavy atom. The van der Waals surface area contributed by atoms with Crippen LogP contribution >= 0.6 is 11.3 Å². The van der Waals surface area contributed by atoms with E-state index >= 15 is 0 Å². The van der Waals surface area contributed by atoms with E-state index in [0.29, 0.717) is 0 Å². The van der Waals surface area contributed by atoms with Gasteiger partial charge in [0.05, 0.1) is 43.5 Å². The van der Waals surface area contributed by atoms with Crippen molar-refractivity contribution >= 4 is 113 Å². The van der Waals surface area contributed by atoms with Gasteiger partial charge in [-0.3, -0.25) is 0 Å². The molecule has 5 heterocycles. The summed E-state index contributed by atoms with van der Waals surface area (Å²) in [6.45, 7) is 0. The van der Waals surface area contributed by atoms with E-state index in [2.05, 4.69) is 191 Å². The van der Waals surface area contributed by atoms with Gasteiger partial charge in [-0.05, 0) is 70.1 Å². The van der Waals surface area contributed by atoms with Crippen LogP contribution in [0.2, 0.25) is 0 Å². The standard InChI is InChI=1S/C54H30N4S/c1-2-13-34-29-35(22-21-31(34)11-1)54-55-50(53-51(56-54)40-17-7-10-20-46(40)59-53)33-23-26-36(27-24-33)57-42-18-8-5-15-38(42)48-45(57)30-41-47-37-14-4-3-12-32(37)25-28-44(47)58-43-19-9-6-16-39(43)49(48)52(41)58/h1-30H. The third-order valence-electron chi connectivity index (χ3n) is 12.6. The fraction of sp³-hybridized carbons (Fsp3) is 0.